The summed E-state index contributed by atoms with van der Waals surface area (Å²) in [5.41, 5.74) is 5.51. The summed E-state index contributed by atoms with van der Waals surface area (Å²) in [7, 11) is -23.0. The fourth-order valence-electron chi connectivity index (χ4n) is 7.04. The van der Waals surface area contributed by atoms with E-state index in [0.29, 0.717) is 19.4 Å². The Labute approximate surface area is 376 Å². The van der Waals surface area contributed by atoms with Crippen LogP contribution in [0.1, 0.15) is 161 Å². The average molecular weight is 1010 g/mol. The molecule has 1 rings (SSSR count). The van der Waals surface area contributed by atoms with Crippen molar-refractivity contribution in [3.8, 4) is 0 Å². The first-order chi connectivity index (χ1) is 30.0. The van der Waals surface area contributed by atoms with E-state index in [9.17, 15) is 72.3 Å². The molecule has 23 nitrogen and oxygen atoms in total. The lowest BCUT2D eigenvalue weighted by Crippen LogP contribution is -2.65. The zero-order valence-electron chi connectivity index (χ0n) is 36.8. The number of esters is 2. The predicted octanol–water partition coefficient (Wildman–Crippen LogP) is 5.45. The van der Waals surface area contributed by atoms with Crippen molar-refractivity contribution in [3.63, 3.8) is 0 Å². The summed E-state index contributed by atoms with van der Waals surface area (Å²) in [5, 5.41) is 21.8. The molecule has 3 unspecified atom stereocenters. The number of unbranched alkanes of at least 4 members (excludes halogenated alkanes) is 20. The molecule has 11 N–H and O–H groups in total. The highest BCUT2D eigenvalue weighted by Gasteiger charge is 2.59. The Kier molecular flexibility index (Phi) is 31.5. The van der Waals surface area contributed by atoms with Crippen molar-refractivity contribution in [3.05, 3.63) is 0 Å². The van der Waals surface area contributed by atoms with Gasteiger partial charge in [-0.05, 0) is 25.8 Å². The smallest absolute Gasteiger partial charge is 0.462 e. The second-order valence-corrected chi connectivity index (χ2v) is 21.0. The number of ether oxygens (including phenoxy) is 2. The zero-order valence-corrected chi connectivity index (χ0v) is 40.4. The van der Waals surface area contributed by atoms with Crippen LogP contribution >= 0.6 is 31.3 Å². The lowest BCUT2D eigenvalue weighted by molar-refractivity contribution is -0.209. The maximum Gasteiger partial charge on any atom is 0.472 e. The standard InChI is InChI=1S/C37H75NO22P4/c1-2-3-4-5-6-7-8-9-10-12-16-19-22-25-31(40)56-29(27-54-30(39)24-21-18-15-13-11-14-17-20-23-26-38)28-55-64(52,53)60-34-32(41)35(57-61(43,44)45)37(59-63(49,50)51)36(33(34)42)58-62(46,47)48/h29,32-37,41-42H,2-28,38H2,1H3,(H,52,53)(H2,43,44,45)(H2,46,47,48)(H2,49,50,51)/t29-,32+,33+,34?,35-,36+,37?/m1/s1. The van der Waals surface area contributed by atoms with Gasteiger partial charge in [-0.1, -0.05) is 129 Å². The van der Waals surface area contributed by atoms with Gasteiger partial charge in [0.1, 0.15) is 43.2 Å². The van der Waals surface area contributed by atoms with E-state index in [2.05, 4.69) is 20.5 Å². The van der Waals surface area contributed by atoms with Crippen molar-refractivity contribution in [2.45, 2.75) is 204 Å². The molecule has 0 aromatic rings. The first-order valence-electron chi connectivity index (χ1n) is 22.3. The molecule has 380 valence electrons. The van der Waals surface area contributed by atoms with Gasteiger partial charge in [0.2, 0.25) is 0 Å². The van der Waals surface area contributed by atoms with E-state index in [1.165, 1.54) is 44.9 Å². The number of phosphoric acid groups is 4. The van der Waals surface area contributed by atoms with Crippen LogP contribution in [0.25, 0.3) is 0 Å². The van der Waals surface area contributed by atoms with Crippen LogP contribution < -0.4 is 5.73 Å². The fraction of sp³-hybridized carbons (Fsp3) is 0.946. The molecule has 1 saturated carbocycles. The Morgan fingerprint density at radius 2 is 0.844 bits per heavy atom. The van der Waals surface area contributed by atoms with E-state index in [4.69, 9.17) is 24.3 Å². The summed E-state index contributed by atoms with van der Waals surface area (Å²) >= 11 is 0. The van der Waals surface area contributed by atoms with E-state index in [-0.39, 0.29) is 12.8 Å². The Morgan fingerprint density at radius 1 is 0.484 bits per heavy atom. The quantitative estimate of drug-likeness (QED) is 0.0208. The number of nitrogens with two attached hydrogens (primary N) is 1. The minimum absolute atomic E-state index is 0.0263. The summed E-state index contributed by atoms with van der Waals surface area (Å²) in [6, 6.07) is 0. The van der Waals surface area contributed by atoms with Gasteiger partial charge >= 0.3 is 43.2 Å². The number of aliphatic hydroxyl groups excluding tert-OH is 2. The van der Waals surface area contributed by atoms with Crippen LogP contribution in [0.4, 0.5) is 0 Å². The first-order valence-corrected chi connectivity index (χ1v) is 28.4. The maximum atomic E-state index is 13.2. The molecular formula is C37H75NO22P4. The van der Waals surface area contributed by atoms with E-state index in [1.54, 1.807) is 0 Å². The fourth-order valence-corrected chi connectivity index (χ4v) is 9.69. The Bertz CT molecular complexity index is 1440. The number of phosphoric ester groups is 4. The van der Waals surface area contributed by atoms with Crippen molar-refractivity contribution in [2.75, 3.05) is 19.8 Å². The molecule has 1 aliphatic carbocycles. The lowest BCUT2D eigenvalue weighted by atomic mass is 9.85. The Morgan fingerprint density at radius 3 is 1.23 bits per heavy atom. The van der Waals surface area contributed by atoms with Crippen molar-refractivity contribution in [1.82, 2.24) is 0 Å². The van der Waals surface area contributed by atoms with Gasteiger partial charge in [-0.15, -0.1) is 0 Å². The van der Waals surface area contributed by atoms with Crippen LogP contribution in [0.15, 0.2) is 0 Å². The first kappa shape index (κ1) is 61.3. The molecule has 0 aromatic carbocycles. The van der Waals surface area contributed by atoms with Crippen LogP contribution in [-0.4, -0.2) is 119 Å². The van der Waals surface area contributed by atoms with Gasteiger partial charge in [0, 0.05) is 12.8 Å². The van der Waals surface area contributed by atoms with E-state index >= 15 is 0 Å². The third-order valence-corrected chi connectivity index (χ3v) is 12.8. The summed E-state index contributed by atoms with van der Waals surface area (Å²) in [4.78, 5) is 92.5. The molecule has 8 atom stereocenters. The van der Waals surface area contributed by atoms with Crippen molar-refractivity contribution in [1.29, 1.82) is 0 Å². The van der Waals surface area contributed by atoms with Crippen LogP contribution in [-0.2, 0) is 59.9 Å². The largest absolute Gasteiger partial charge is 0.472 e. The van der Waals surface area contributed by atoms with Crippen molar-refractivity contribution in [2.24, 2.45) is 5.73 Å². The predicted molar refractivity (Wildman–Crippen MR) is 230 cm³/mol. The number of carbonyl (C=O) groups is 2. The Hall–Kier alpha value is -0.740. The lowest BCUT2D eigenvalue weighted by Gasteiger charge is -2.45. The van der Waals surface area contributed by atoms with Crippen LogP contribution in [0.3, 0.4) is 0 Å². The molecular weight excluding hydrogens is 934 g/mol. The molecule has 0 radical (unpaired) electrons. The molecule has 0 saturated heterocycles. The number of carbonyl (C=O) groups excluding carboxylic acids is 2. The number of hydrogen-bond acceptors (Lipinski definition) is 16. The molecule has 0 aromatic heterocycles. The minimum Gasteiger partial charge on any atom is -0.462 e. The second-order valence-electron chi connectivity index (χ2n) is 16.0. The normalized spacial score (nSPS) is 22.2. The van der Waals surface area contributed by atoms with Gasteiger partial charge in [-0.3, -0.25) is 32.2 Å². The average Bonchev–Trinajstić information content (AvgIpc) is 3.18. The van der Waals surface area contributed by atoms with Gasteiger partial charge in [-0.25, -0.2) is 18.3 Å². The van der Waals surface area contributed by atoms with Gasteiger partial charge in [-0.2, -0.15) is 0 Å². The Balaban J connectivity index is 2.96. The number of aliphatic hydroxyl groups is 2. The summed E-state index contributed by atoms with van der Waals surface area (Å²) in [5.74, 6) is -1.41. The molecule has 1 aliphatic rings. The van der Waals surface area contributed by atoms with Crippen LogP contribution in [0, 0.1) is 0 Å². The van der Waals surface area contributed by atoms with E-state index in [1.807, 2.05) is 0 Å². The molecule has 1 fully saturated rings. The summed E-state index contributed by atoms with van der Waals surface area (Å²) in [6.45, 7) is 1.21. The molecule has 0 bridgehead atoms. The van der Waals surface area contributed by atoms with Crippen molar-refractivity contribution >= 4 is 43.2 Å². The molecule has 0 amide bonds. The minimum atomic E-state index is -5.78. The van der Waals surface area contributed by atoms with Gasteiger partial charge in [0.25, 0.3) is 0 Å². The highest BCUT2D eigenvalue weighted by molar-refractivity contribution is 7.47. The second kappa shape index (κ2) is 32.9. The molecule has 0 spiro atoms. The highest BCUT2D eigenvalue weighted by Crippen LogP contribution is 2.53. The molecule has 64 heavy (non-hydrogen) atoms. The highest BCUT2D eigenvalue weighted by atomic mass is 31.2. The third kappa shape index (κ3) is 30.6. The van der Waals surface area contributed by atoms with Gasteiger partial charge in [0.15, 0.2) is 6.10 Å². The van der Waals surface area contributed by atoms with Gasteiger partial charge < -0.3 is 59.7 Å². The van der Waals surface area contributed by atoms with Crippen LogP contribution in [0.2, 0.25) is 0 Å². The van der Waals surface area contributed by atoms with Crippen LogP contribution in [0.5, 0.6) is 0 Å². The SMILES string of the molecule is CCCCCCCCCCCCCCCC(=O)O[C@H](COC(=O)CCCCCCCCCCCN)COP(=O)(O)OC1[C@H](O)[C@H](OP(=O)(O)O)C(OP(=O)(O)O)[C@H](OP(=O)(O)O)[C@H]1O. The maximum absolute atomic E-state index is 13.2. The van der Waals surface area contributed by atoms with Crippen molar-refractivity contribution < 1.29 is 104 Å². The monoisotopic (exact) mass is 1010 g/mol. The summed E-state index contributed by atoms with van der Waals surface area (Å²) < 4.78 is 81.8. The number of rotatable bonds is 39. The summed E-state index contributed by atoms with van der Waals surface area (Å²) in [6.07, 6.45) is 4.51. The van der Waals surface area contributed by atoms with E-state index in [0.717, 1.165) is 83.5 Å². The molecule has 0 heterocycles. The van der Waals surface area contributed by atoms with E-state index < -0.39 is 99.2 Å². The zero-order chi connectivity index (χ0) is 48.2. The number of hydrogen-bond donors (Lipinski definition) is 10. The molecule has 27 heteroatoms. The third-order valence-electron chi connectivity index (χ3n) is 10.2. The topological polar surface area (TPSA) is 375 Å². The van der Waals surface area contributed by atoms with Gasteiger partial charge in [0.05, 0.1) is 6.61 Å². The molecule has 0 aliphatic heterocycles.